The highest BCUT2D eigenvalue weighted by Gasteiger charge is 1.95. The number of hydrogen-bond donors (Lipinski definition) is 3. The second kappa shape index (κ2) is 10.4. The largest absolute Gasteiger partial charge is 0.394 e. The van der Waals surface area contributed by atoms with Gasteiger partial charge >= 0.3 is 0 Å². The number of aliphatic hydroxyl groups excluding tert-OH is 2. The molecule has 84 valence electrons. The van der Waals surface area contributed by atoms with Gasteiger partial charge in [0.2, 0.25) is 5.91 Å². The maximum Gasteiger partial charge on any atom is 0.245 e. The summed E-state index contributed by atoms with van der Waals surface area (Å²) in [6.07, 6.45) is 0. The summed E-state index contributed by atoms with van der Waals surface area (Å²) in [5.41, 5.74) is 0. The van der Waals surface area contributed by atoms with Crippen molar-refractivity contribution in [2.24, 2.45) is 0 Å². The molecule has 14 heavy (non-hydrogen) atoms. The molecule has 0 unspecified atom stereocenters. The van der Waals surface area contributed by atoms with Crippen molar-refractivity contribution in [1.29, 1.82) is 0 Å². The smallest absolute Gasteiger partial charge is 0.245 e. The molecule has 0 saturated carbocycles. The van der Waals surface area contributed by atoms with Crippen LogP contribution in [-0.2, 0) is 14.3 Å². The van der Waals surface area contributed by atoms with Gasteiger partial charge in [-0.2, -0.15) is 0 Å². The van der Waals surface area contributed by atoms with Gasteiger partial charge in [-0.25, -0.2) is 0 Å². The van der Waals surface area contributed by atoms with E-state index in [-0.39, 0.29) is 6.61 Å². The quantitative estimate of drug-likeness (QED) is 0.385. The summed E-state index contributed by atoms with van der Waals surface area (Å²) in [6.45, 7) is 1.42. The first-order chi connectivity index (χ1) is 6.81. The highest BCUT2D eigenvalue weighted by atomic mass is 16.5. The third kappa shape index (κ3) is 9.40. The minimum Gasteiger partial charge on any atom is -0.394 e. The van der Waals surface area contributed by atoms with Crippen LogP contribution in [0.25, 0.3) is 0 Å². The molecule has 0 saturated heterocycles. The Morgan fingerprint density at radius 3 is 2.29 bits per heavy atom. The second-order valence-electron chi connectivity index (χ2n) is 2.46. The zero-order chi connectivity index (χ0) is 10.6. The Hall–Kier alpha value is -0.690. The molecule has 0 aliphatic rings. The van der Waals surface area contributed by atoms with E-state index in [0.29, 0.717) is 33.0 Å². The van der Waals surface area contributed by atoms with Crippen LogP contribution < -0.4 is 5.32 Å². The van der Waals surface area contributed by atoms with Crippen LogP contribution >= 0.6 is 0 Å². The van der Waals surface area contributed by atoms with Crippen LogP contribution in [0.3, 0.4) is 0 Å². The lowest BCUT2D eigenvalue weighted by Crippen LogP contribution is -2.29. The Balaban J connectivity index is 2.95. The van der Waals surface area contributed by atoms with Gasteiger partial charge in [0.15, 0.2) is 0 Å². The molecule has 0 aromatic rings. The number of rotatable bonds is 9. The van der Waals surface area contributed by atoms with E-state index in [0.717, 1.165) is 0 Å². The van der Waals surface area contributed by atoms with Gasteiger partial charge in [0.05, 0.1) is 33.0 Å². The number of aliphatic hydroxyl groups is 2. The van der Waals surface area contributed by atoms with Crippen molar-refractivity contribution >= 4 is 5.91 Å². The molecule has 0 heterocycles. The molecule has 0 atom stereocenters. The topological polar surface area (TPSA) is 88.0 Å². The number of carbonyl (C=O) groups excluding carboxylic acids is 1. The highest BCUT2D eigenvalue weighted by molar-refractivity contribution is 5.76. The maximum atomic E-state index is 10.5. The molecule has 0 aromatic carbocycles. The summed E-state index contributed by atoms with van der Waals surface area (Å²) in [4.78, 5) is 10.5. The molecule has 6 nitrogen and oxygen atoms in total. The number of ether oxygens (including phenoxy) is 2. The molecule has 0 fully saturated rings. The van der Waals surface area contributed by atoms with Crippen molar-refractivity contribution in [2.45, 2.75) is 0 Å². The number of carbonyl (C=O) groups is 1. The summed E-state index contributed by atoms with van der Waals surface area (Å²) in [6, 6.07) is 0. The average Bonchev–Trinajstić information content (AvgIpc) is 2.21. The molecule has 0 spiro atoms. The Bertz CT molecular complexity index is 142. The molecule has 0 aliphatic carbocycles. The first-order valence-electron chi connectivity index (χ1n) is 4.45. The van der Waals surface area contributed by atoms with E-state index in [1.807, 2.05) is 0 Å². The molecule has 0 bridgehead atoms. The van der Waals surface area contributed by atoms with E-state index in [2.05, 4.69) is 5.32 Å². The van der Waals surface area contributed by atoms with Crippen molar-refractivity contribution in [3.63, 3.8) is 0 Å². The van der Waals surface area contributed by atoms with E-state index in [1.54, 1.807) is 0 Å². The van der Waals surface area contributed by atoms with Crippen LogP contribution in [0.15, 0.2) is 0 Å². The molecular formula is C8H17NO5. The summed E-state index contributed by atoms with van der Waals surface area (Å²) < 4.78 is 10.0. The van der Waals surface area contributed by atoms with Crippen molar-refractivity contribution in [3.05, 3.63) is 0 Å². The standard InChI is InChI=1S/C8H17NO5/c10-2-4-14-6-5-13-3-1-9-8(12)7-11/h10-11H,1-7H2,(H,9,12). The first-order valence-corrected chi connectivity index (χ1v) is 4.45. The second-order valence-corrected chi connectivity index (χ2v) is 2.46. The third-order valence-electron chi connectivity index (χ3n) is 1.32. The molecule has 0 radical (unpaired) electrons. The normalized spacial score (nSPS) is 10.1. The average molecular weight is 207 g/mol. The SMILES string of the molecule is O=C(CO)NCCOCCOCCO. The lowest BCUT2D eigenvalue weighted by molar-refractivity contribution is -0.124. The monoisotopic (exact) mass is 207 g/mol. The van der Waals surface area contributed by atoms with Gasteiger partial charge < -0.3 is 25.0 Å². The van der Waals surface area contributed by atoms with Crippen LogP contribution in [-0.4, -0.2) is 62.3 Å². The molecule has 0 aromatic heterocycles. The van der Waals surface area contributed by atoms with E-state index in [1.165, 1.54) is 0 Å². The number of amides is 1. The van der Waals surface area contributed by atoms with Gasteiger partial charge in [-0.05, 0) is 0 Å². The van der Waals surface area contributed by atoms with Gasteiger partial charge in [0.1, 0.15) is 6.61 Å². The fraction of sp³-hybridized carbons (Fsp3) is 0.875. The van der Waals surface area contributed by atoms with E-state index in [4.69, 9.17) is 19.7 Å². The Morgan fingerprint density at radius 2 is 1.71 bits per heavy atom. The van der Waals surface area contributed by atoms with Crippen molar-refractivity contribution in [1.82, 2.24) is 5.32 Å². The zero-order valence-electron chi connectivity index (χ0n) is 8.07. The Morgan fingerprint density at radius 1 is 1.07 bits per heavy atom. The number of nitrogens with one attached hydrogen (secondary N) is 1. The van der Waals surface area contributed by atoms with E-state index >= 15 is 0 Å². The Labute approximate surface area is 82.8 Å². The predicted octanol–water partition coefficient (Wildman–Crippen LogP) is -1.88. The Kier molecular flexibility index (Phi) is 9.88. The van der Waals surface area contributed by atoms with Gasteiger partial charge in [0, 0.05) is 6.54 Å². The fourth-order valence-electron chi connectivity index (χ4n) is 0.705. The molecule has 6 heteroatoms. The summed E-state index contributed by atoms with van der Waals surface area (Å²) >= 11 is 0. The van der Waals surface area contributed by atoms with Crippen LogP contribution in [0.1, 0.15) is 0 Å². The number of hydrogen-bond acceptors (Lipinski definition) is 5. The van der Waals surface area contributed by atoms with Gasteiger partial charge in [-0.1, -0.05) is 0 Å². The van der Waals surface area contributed by atoms with Crippen LogP contribution in [0, 0.1) is 0 Å². The molecular weight excluding hydrogens is 190 g/mol. The maximum absolute atomic E-state index is 10.5. The molecule has 3 N–H and O–H groups in total. The molecule has 0 rings (SSSR count). The van der Waals surface area contributed by atoms with Crippen molar-refractivity contribution < 1.29 is 24.5 Å². The van der Waals surface area contributed by atoms with Gasteiger partial charge in [-0.3, -0.25) is 4.79 Å². The summed E-state index contributed by atoms with van der Waals surface area (Å²) in [7, 11) is 0. The first kappa shape index (κ1) is 13.3. The van der Waals surface area contributed by atoms with E-state index in [9.17, 15) is 4.79 Å². The lowest BCUT2D eigenvalue weighted by atomic mass is 10.6. The molecule has 1 amide bonds. The summed E-state index contributed by atoms with van der Waals surface area (Å²) in [5.74, 6) is -0.412. The van der Waals surface area contributed by atoms with Gasteiger partial charge in [0.25, 0.3) is 0 Å². The summed E-state index contributed by atoms with van der Waals surface area (Å²) in [5, 5.41) is 19.1. The van der Waals surface area contributed by atoms with Crippen LogP contribution in [0.5, 0.6) is 0 Å². The molecule has 0 aliphatic heterocycles. The fourth-order valence-corrected chi connectivity index (χ4v) is 0.705. The van der Waals surface area contributed by atoms with Crippen molar-refractivity contribution in [2.75, 3.05) is 46.2 Å². The zero-order valence-corrected chi connectivity index (χ0v) is 8.07. The minimum absolute atomic E-state index is 0.00651. The minimum atomic E-state index is -0.500. The lowest BCUT2D eigenvalue weighted by Gasteiger charge is -2.05. The predicted molar refractivity (Wildman–Crippen MR) is 48.8 cm³/mol. The highest BCUT2D eigenvalue weighted by Crippen LogP contribution is 1.77. The van der Waals surface area contributed by atoms with E-state index < -0.39 is 12.5 Å². The van der Waals surface area contributed by atoms with Crippen molar-refractivity contribution in [3.8, 4) is 0 Å². The third-order valence-corrected chi connectivity index (χ3v) is 1.32. The van der Waals surface area contributed by atoms with Crippen LogP contribution in [0.4, 0.5) is 0 Å². The van der Waals surface area contributed by atoms with Gasteiger partial charge in [-0.15, -0.1) is 0 Å². The van der Waals surface area contributed by atoms with Crippen LogP contribution in [0.2, 0.25) is 0 Å².